The minimum absolute atomic E-state index is 0.374. The third-order valence-corrected chi connectivity index (χ3v) is 4.19. The number of anilines is 2. The molecule has 0 aliphatic carbocycles. The van der Waals surface area contributed by atoms with Crippen LogP contribution in [0, 0.1) is 18.3 Å². The average Bonchev–Trinajstić information content (AvgIpc) is 2.87. The van der Waals surface area contributed by atoms with Crippen LogP contribution in [0.25, 0.3) is 0 Å². The Bertz CT molecular complexity index is 450. The quantitative estimate of drug-likeness (QED) is 0.914. The van der Waals surface area contributed by atoms with Gasteiger partial charge in [-0.05, 0) is 31.1 Å². The lowest BCUT2D eigenvalue weighted by molar-refractivity contribution is 0.263. The normalized spacial score (nSPS) is 19.4. The Morgan fingerprint density at radius 1 is 1.40 bits per heavy atom. The Kier molecular flexibility index (Phi) is 4.51. The van der Waals surface area contributed by atoms with E-state index in [-0.39, 0.29) is 0 Å². The molecule has 1 saturated heterocycles. The van der Waals surface area contributed by atoms with Crippen LogP contribution in [0.5, 0.6) is 0 Å². The molecular formula is C16H28N4. The van der Waals surface area contributed by atoms with Crippen molar-refractivity contribution in [3.63, 3.8) is 0 Å². The first kappa shape index (κ1) is 15.1. The van der Waals surface area contributed by atoms with E-state index in [9.17, 15) is 0 Å². The average molecular weight is 276 g/mol. The molecule has 1 aromatic heterocycles. The molecular weight excluding hydrogens is 248 g/mol. The first-order valence-electron chi connectivity index (χ1n) is 7.74. The molecule has 1 atom stereocenters. The van der Waals surface area contributed by atoms with Crippen LogP contribution in [-0.2, 0) is 0 Å². The highest BCUT2D eigenvalue weighted by molar-refractivity contribution is 5.49. The Morgan fingerprint density at radius 2 is 2.15 bits per heavy atom. The summed E-state index contributed by atoms with van der Waals surface area (Å²) < 4.78 is 0. The topological polar surface area (TPSA) is 41.1 Å². The van der Waals surface area contributed by atoms with Gasteiger partial charge in [-0.1, -0.05) is 27.7 Å². The predicted octanol–water partition coefficient (Wildman–Crippen LogP) is 3.48. The summed E-state index contributed by atoms with van der Waals surface area (Å²) in [7, 11) is 0. The molecule has 112 valence electrons. The number of aryl methyl sites for hydroxylation is 1. The molecule has 0 spiro atoms. The Balaban J connectivity index is 2.12. The summed E-state index contributed by atoms with van der Waals surface area (Å²) in [6.07, 6.45) is 4.28. The minimum atomic E-state index is 0.374. The number of nitrogens with zero attached hydrogens (tertiary/aromatic N) is 3. The zero-order valence-corrected chi connectivity index (χ0v) is 13.5. The van der Waals surface area contributed by atoms with Crippen molar-refractivity contribution in [3.8, 4) is 0 Å². The number of nitrogens with one attached hydrogen (secondary N) is 1. The molecule has 2 heterocycles. The van der Waals surface area contributed by atoms with Crippen LogP contribution in [0.2, 0.25) is 0 Å². The van der Waals surface area contributed by atoms with Gasteiger partial charge in [-0.2, -0.15) is 4.98 Å². The lowest BCUT2D eigenvalue weighted by Gasteiger charge is -2.27. The molecule has 0 radical (unpaired) electrons. The summed E-state index contributed by atoms with van der Waals surface area (Å²) in [6, 6.07) is 0. The molecule has 2 rings (SSSR count). The molecule has 1 fully saturated rings. The first-order valence-corrected chi connectivity index (χ1v) is 7.74. The largest absolute Gasteiger partial charge is 0.356 e. The monoisotopic (exact) mass is 276 g/mol. The molecule has 4 nitrogen and oxygen atoms in total. The molecule has 1 unspecified atom stereocenters. The Hall–Kier alpha value is -1.32. The third kappa shape index (κ3) is 3.41. The fraction of sp³-hybridized carbons (Fsp3) is 0.750. The molecule has 0 bridgehead atoms. The Morgan fingerprint density at radius 3 is 2.75 bits per heavy atom. The van der Waals surface area contributed by atoms with Gasteiger partial charge in [-0.3, -0.25) is 0 Å². The summed E-state index contributed by atoms with van der Waals surface area (Å²) in [5.74, 6) is 2.60. The molecule has 1 N–H and O–H groups in total. The zero-order chi connectivity index (χ0) is 14.8. The fourth-order valence-corrected chi connectivity index (χ4v) is 2.73. The van der Waals surface area contributed by atoms with Gasteiger partial charge in [-0.15, -0.1) is 0 Å². The van der Waals surface area contributed by atoms with Gasteiger partial charge < -0.3 is 10.2 Å². The second-order valence-electron chi connectivity index (χ2n) is 6.92. The SMILES string of the molecule is CCCNc1ncc(C)c(N2CCC(C(C)(C)C)C2)n1. The van der Waals surface area contributed by atoms with E-state index in [1.807, 2.05) is 6.20 Å². The lowest BCUT2D eigenvalue weighted by atomic mass is 9.80. The van der Waals surface area contributed by atoms with Gasteiger partial charge in [-0.25, -0.2) is 4.98 Å². The minimum Gasteiger partial charge on any atom is -0.356 e. The van der Waals surface area contributed by atoms with Crippen LogP contribution < -0.4 is 10.2 Å². The van der Waals surface area contributed by atoms with Crippen LogP contribution in [0.15, 0.2) is 6.20 Å². The van der Waals surface area contributed by atoms with Crippen molar-refractivity contribution >= 4 is 11.8 Å². The maximum Gasteiger partial charge on any atom is 0.224 e. The van der Waals surface area contributed by atoms with E-state index in [1.165, 1.54) is 12.0 Å². The van der Waals surface area contributed by atoms with Gasteiger partial charge >= 0.3 is 0 Å². The van der Waals surface area contributed by atoms with Gasteiger partial charge in [0.15, 0.2) is 0 Å². The van der Waals surface area contributed by atoms with Gasteiger partial charge in [0.05, 0.1) is 0 Å². The highest BCUT2D eigenvalue weighted by Crippen LogP contribution is 2.35. The highest BCUT2D eigenvalue weighted by atomic mass is 15.2. The summed E-state index contributed by atoms with van der Waals surface area (Å²) in [6.45, 7) is 14.4. The summed E-state index contributed by atoms with van der Waals surface area (Å²) in [4.78, 5) is 11.5. The van der Waals surface area contributed by atoms with Crippen LogP contribution in [0.3, 0.4) is 0 Å². The van der Waals surface area contributed by atoms with E-state index in [0.29, 0.717) is 5.41 Å². The number of rotatable bonds is 4. The van der Waals surface area contributed by atoms with Gasteiger partial charge in [0, 0.05) is 31.4 Å². The van der Waals surface area contributed by atoms with Crippen molar-refractivity contribution in [1.82, 2.24) is 9.97 Å². The predicted molar refractivity (Wildman–Crippen MR) is 85.3 cm³/mol. The number of hydrogen-bond acceptors (Lipinski definition) is 4. The molecule has 4 heteroatoms. The van der Waals surface area contributed by atoms with E-state index in [0.717, 1.165) is 43.7 Å². The lowest BCUT2D eigenvalue weighted by Crippen LogP contribution is -2.27. The van der Waals surface area contributed by atoms with E-state index in [4.69, 9.17) is 4.98 Å². The Labute approximate surface area is 123 Å². The molecule has 20 heavy (non-hydrogen) atoms. The van der Waals surface area contributed by atoms with Gasteiger partial charge in [0.25, 0.3) is 0 Å². The maximum absolute atomic E-state index is 4.71. The van der Waals surface area contributed by atoms with E-state index in [1.54, 1.807) is 0 Å². The van der Waals surface area contributed by atoms with Crippen molar-refractivity contribution < 1.29 is 0 Å². The van der Waals surface area contributed by atoms with E-state index < -0.39 is 0 Å². The molecule has 0 saturated carbocycles. The van der Waals surface area contributed by atoms with Crippen LogP contribution in [0.4, 0.5) is 11.8 Å². The maximum atomic E-state index is 4.71. The highest BCUT2D eigenvalue weighted by Gasteiger charge is 2.32. The summed E-state index contributed by atoms with van der Waals surface area (Å²) in [5.41, 5.74) is 1.54. The zero-order valence-electron chi connectivity index (χ0n) is 13.5. The van der Waals surface area contributed by atoms with Gasteiger partial charge in [0.2, 0.25) is 5.95 Å². The standard InChI is InChI=1S/C16H28N4/c1-6-8-17-15-18-10-12(2)14(19-15)20-9-7-13(11-20)16(3,4)5/h10,13H,6-9,11H2,1-5H3,(H,17,18,19). The second-order valence-corrected chi connectivity index (χ2v) is 6.92. The molecule has 1 aliphatic rings. The summed E-state index contributed by atoms with van der Waals surface area (Å²) in [5, 5.41) is 3.28. The van der Waals surface area contributed by atoms with E-state index >= 15 is 0 Å². The van der Waals surface area contributed by atoms with Crippen molar-refractivity contribution in [3.05, 3.63) is 11.8 Å². The van der Waals surface area contributed by atoms with Crippen molar-refractivity contribution in [1.29, 1.82) is 0 Å². The second kappa shape index (κ2) is 5.98. The third-order valence-electron chi connectivity index (χ3n) is 4.19. The summed E-state index contributed by atoms with van der Waals surface area (Å²) >= 11 is 0. The van der Waals surface area contributed by atoms with Crippen molar-refractivity contribution in [2.24, 2.45) is 11.3 Å². The van der Waals surface area contributed by atoms with Crippen molar-refractivity contribution in [2.45, 2.75) is 47.5 Å². The number of hydrogen-bond donors (Lipinski definition) is 1. The van der Waals surface area contributed by atoms with Crippen LogP contribution in [0.1, 0.15) is 46.1 Å². The van der Waals surface area contributed by atoms with E-state index in [2.05, 4.69) is 49.8 Å². The molecule has 1 aliphatic heterocycles. The van der Waals surface area contributed by atoms with Crippen molar-refractivity contribution in [2.75, 3.05) is 29.9 Å². The molecule has 0 aromatic carbocycles. The van der Waals surface area contributed by atoms with Crippen LogP contribution in [-0.4, -0.2) is 29.6 Å². The van der Waals surface area contributed by atoms with Gasteiger partial charge in [0.1, 0.15) is 5.82 Å². The molecule has 1 aromatic rings. The molecule has 0 amide bonds. The smallest absolute Gasteiger partial charge is 0.224 e. The van der Waals surface area contributed by atoms with Crippen LogP contribution >= 0.6 is 0 Å². The fourth-order valence-electron chi connectivity index (χ4n) is 2.73. The number of aromatic nitrogens is 2. The first-order chi connectivity index (χ1) is 9.41.